The van der Waals surface area contributed by atoms with Crippen molar-refractivity contribution in [3.8, 4) is 0 Å². The number of hydrogen-bond donors (Lipinski definition) is 0. The van der Waals surface area contributed by atoms with Crippen molar-refractivity contribution in [2.45, 2.75) is 99.5 Å². The Labute approximate surface area is 138 Å². The van der Waals surface area contributed by atoms with Crippen molar-refractivity contribution in [1.82, 2.24) is 0 Å². The first kappa shape index (κ1) is 19.5. The molecule has 2 nitrogen and oxygen atoms in total. The Bertz CT molecular complexity index is 370. The number of ether oxygens (including phenoxy) is 1. The van der Waals surface area contributed by atoms with Gasteiger partial charge in [0.15, 0.2) is 0 Å². The maximum absolute atomic E-state index is 13.0. The predicted molar refractivity (Wildman–Crippen MR) is 93.8 cm³/mol. The smallest absolute Gasteiger partial charge is 0.312 e. The van der Waals surface area contributed by atoms with Gasteiger partial charge in [-0.1, -0.05) is 53.9 Å². The van der Waals surface area contributed by atoms with E-state index in [1.807, 2.05) is 0 Å². The molecule has 0 aromatic rings. The largest absolute Gasteiger partial charge is 0.459 e. The van der Waals surface area contributed by atoms with Gasteiger partial charge in [-0.2, -0.15) is 0 Å². The van der Waals surface area contributed by atoms with Crippen LogP contribution < -0.4 is 0 Å². The Morgan fingerprint density at radius 1 is 1.00 bits per heavy atom. The lowest BCUT2D eigenvalue weighted by Gasteiger charge is -2.42. The molecule has 1 atom stereocenters. The Morgan fingerprint density at radius 2 is 1.50 bits per heavy atom. The van der Waals surface area contributed by atoms with Gasteiger partial charge in [-0.25, -0.2) is 0 Å². The van der Waals surface area contributed by atoms with E-state index in [4.69, 9.17) is 4.74 Å². The minimum absolute atomic E-state index is 0.00648. The molecule has 2 heteroatoms. The molecule has 0 spiro atoms. The molecule has 0 radical (unpaired) electrons. The van der Waals surface area contributed by atoms with Crippen LogP contribution in [0.5, 0.6) is 0 Å². The average molecular weight is 311 g/mol. The summed E-state index contributed by atoms with van der Waals surface area (Å²) in [6.07, 6.45) is 7.12. The van der Waals surface area contributed by atoms with Crippen molar-refractivity contribution in [3.05, 3.63) is 0 Å². The Kier molecular flexibility index (Phi) is 6.14. The van der Waals surface area contributed by atoms with Crippen LogP contribution in [0.3, 0.4) is 0 Å². The van der Waals surface area contributed by atoms with Crippen molar-refractivity contribution in [2.24, 2.45) is 22.7 Å². The topological polar surface area (TPSA) is 26.3 Å². The third kappa shape index (κ3) is 4.99. The highest BCUT2D eigenvalue weighted by Crippen LogP contribution is 2.43. The van der Waals surface area contributed by atoms with Gasteiger partial charge in [-0.15, -0.1) is 0 Å². The first-order valence-corrected chi connectivity index (χ1v) is 9.12. The number of esters is 1. The Hall–Kier alpha value is -0.530. The molecule has 1 saturated carbocycles. The van der Waals surface area contributed by atoms with Crippen LogP contribution in [0.4, 0.5) is 0 Å². The van der Waals surface area contributed by atoms with Crippen LogP contribution in [-0.4, -0.2) is 11.6 Å². The van der Waals surface area contributed by atoms with E-state index in [0.717, 1.165) is 6.42 Å². The van der Waals surface area contributed by atoms with E-state index in [1.54, 1.807) is 0 Å². The summed E-state index contributed by atoms with van der Waals surface area (Å²) in [7, 11) is 0. The number of carbonyl (C=O) groups is 1. The summed E-state index contributed by atoms with van der Waals surface area (Å²) in [6, 6.07) is 0. The Morgan fingerprint density at radius 3 is 1.91 bits per heavy atom. The molecule has 0 heterocycles. The van der Waals surface area contributed by atoms with Crippen LogP contribution in [0.1, 0.15) is 93.9 Å². The minimum Gasteiger partial charge on any atom is -0.459 e. The quantitative estimate of drug-likeness (QED) is 0.583. The van der Waals surface area contributed by atoms with E-state index in [9.17, 15) is 4.79 Å². The monoisotopic (exact) mass is 310 g/mol. The maximum Gasteiger partial charge on any atom is 0.312 e. The molecule has 0 amide bonds. The van der Waals surface area contributed by atoms with E-state index < -0.39 is 5.41 Å². The second kappa shape index (κ2) is 6.93. The standard InChI is InChI=1S/C20H38O2/c1-15(2)20(8,14-18(3,4)5)17(21)22-19(6,7)16-12-10-9-11-13-16/h15-16H,9-14H2,1-8H3. The molecule has 1 aliphatic carbocycles. The summed E-state index contributed by atoms with van der Waals surface area (Å²) in [4.78, 5) is 13.0. The molecule has 1 aliphatic rings. The van der Waals surface area contributed by atoms with Crippen LogP contribution in [0, 0.1) is 22.7 Å². The van der Waals surface area contributed by atoms with Gasteiger partial charge in [0, 0.05) is 0 Å². The van der Waals surface area contributed by atoms with E-state index in [1.165, 1.54) is 32.1 Å². The normalized spacial score (nSPS) is 20.8. The highest BCUT2D eigenvalue weighted by molar-refractivity contribution is 5.77. The lowest BCUT2D eigenvalue weighted by Crippen LogP contribution is -2.45. The zero-order chi connectivity index (χ0) is 17.2. The van der Waals surface area contributed by atoms with Gasteiger partial charge in [-0.3, -0.25) is 4.79 Å². The molecule has 0 aromatic heterocycles. The molecule has 0 N–H and O–H groups in total. The number of hydrogen-bond acceptors (Lipinski definition) is 2. The van der Waals surface area contributed by atoms with Gasteiger partial charge >= 0.3 is 5.97 Å². The second-order valence-corrected chi connectivity index (χ2v) is 9.64. The summed E-state index contributed by atoms with van der Waals surface area (Å²) in [5.41, 5.74) is -0.636. The first-order chi connectivity index (χ1) is 9.88. The molecule has 22 heavy (non-hydrogen) atoms. The molecule has 1 fully saturated rings. The zero-order valence-corrected chi connectivity index (χ0v) is 16.2. The lowest BCUT2D eigenvalue weighted by molar-refractivity contribution is -0.179. The predicted octanol–water partition coefficient (Wildman–Crippen LogP) is 5.99. The van der Waals surface area contributed by atoms with Crippen LogP contribution in [0.15, 0.2) is 0 Å². The van der Waals surface area contributed by atoms with Crippen molar-refractivity contribution < 1.29 is 9.53 Å². The van der Waals surface area contributed by atoms with Gasteiger partial charge in [0.05, 0.1) is 5.41 Å². The first-order valence-electron chi connectivity index (χ1n) is 9.12. The van der Waals surface area contributed by atoms with Gasteiger partial charge in [-0.05, 0) is 57.3 Å². The summed E-state index contributed by atoms with van der Waals surface area (Å²) >= 11 is 0. The summed E-state index contributed by atoms with van der Waals surface area (Å²) in [6.45, 7) is 17.2. The summed E-state index contributed by atoms with van der Waals surface area (Å²) < 4.78 is 6.11. The van der Waals surface area contributed by atoms with Crippen LogP contribution in [-0.2, 0) is 9.53 Å². The van der Waals surface area contributed by atoms with Crippen molar-refractivity contribution in [3.63, 3.8) is 0 Å². The molecular weight excluding hydrogens is 272 g/mol. The zero-order valence-electron chi connectivity index (χ0n) is 16.2. The molecule has 0 saturated heterocycles. The van der Waals surface area contributed by atoms with Crippen molar-refractivity contribution >= 4 is 5.97 Å². The van der Waals surface area contributed by atoms with Crippen molar-refractivity contribution in [1.29, 1.82) is 0 Å². The highest BCUT2D eigenvalue weighted by atomic mass is 16.6. The number of rotatable bonds is 5. The van der Waals surface area contributed by atoms with Gasteiger partial charge in [0.1, 0.15) is 5.60 Å². The van der Waals surface area contributed by atoms with E-state index in [-0.39, 0.29) is 22.9 Å². The summed E-state index contributed by atoms with van der Waals surface area (Å²) in [5.74, 6) is 0.783. The average Bonchev–Trinajstić information content (AvgIpc) is 2.37. The number of carbonyl (C=O) groups excluding carboxylic acids is 1. The molecule has 1 rings (SSSR count). The molecule has 0 bridgehead atoms. The SMILES string of the molecule is CC(C)C(C)(CC(C)(C)C)C(=O)OC(C)(C)C1CCCCC1. The van der Waals surface area contributed by atoms with Gasteiger partial charge in [0.2, 0.25) is 0 Å². The van der Waals surface area contributed by atoms with E-state index >= 15 is 0 Å². The summed E-state index contributed by atoms with van der Waals surface area (Å²) in [5, 5.41) is 0. The lowest BCUT2D eigenvalue weighted by atomic mass is 9.68. The van der Waals surface area contributed by atoms with Crippen molar-refractivity contribution in [2.75, 3.05) is 0 Å². The molecule has 130 valence electrons. The van der Waals surface area contributed by atoms with Crippen LogP contribution in [0.2, 0.25) is 0 Å². The Balaban J connectivity index is 2.86. The van der Waals surface area contributed by atoms with E-state index in [0.29, 0.717) is 5.92 Å². The van der Waals surface area contributed by atoms with Crippen LogP contribution in [0.25, 0.3) is 0 Å². The highest BCUT2D eigenvalue weighted by Gasteiger charge is 2.44. The molecule has 1 unspecified atom stereocenters. The fraction of sp³-hybridized carbons (Fsp3) is 0.950. The van der Waals surface area contributed by atoms with Gasteiger partial charge in [0.25, 0.3) is 0 Å². The van der Waals surface area contributed by atoms with Crippen LogP contribution >= 0.6 is 0 Å². The maximum atomic E-state index is 13.0. The fourth-order valence-corrected chi connectivity index (χ4v) is 3.85. The third-order valence-corrected chi connectivity index (χ3v) is 5.58. The van der Waals surface area contributed by atoms with E-state index in [2.05, 4.69) is 55.4 Å². The second-order valence-electron chi connectivity index (χ2n) is 9.64. The van der Waals surface area contributed by atoms with Gasteiger partial charge < -0.3 is 4.74 Å². The third-order valence-electron chi connectivity index (χ3n) is 5.58. The minimum atomic E-state index is -0.413. The molecule has 0 aliphatic heterocycles. The molecule has 0 aromatic carbocycles. The molecular formula is C20H38O2. The fourth-order valence-electron chi connectivity index (χ4n) is 3.85.